The number of benzene rings is 3. The van der Waals surface area contributed by atoms with E-state index in [1.165, 1.54) is 36.5 Å². The van der Waals surface area contributed by atoms with E-state index in [0.29, 0.717) is 0 Å². The van der Waals surface area contributed by atoms with Crippen LogP contribution in [0.4, 0.5) is 11.4 Å². The molecule has 13 heteroatoms. The van der Waals surface area contributed by atoms with Crippen LogP contribution in [-0.2, 0) is 0 Å². The van der Waals surface area contributed by atoms with Crippen molar-refractivity contribution >= 4 is 40.4 Å². The average Bonchev–Trinajstić information content (AvgIpc) is 2.89. The van der Waals surface area contributed by atoms with Crippen LogP contribution in [0.1, 0.15) is 26.3 Å². The first kappa shape index (κ1) is 27.5. The van der Waals surface area contributed by atoms with E-state index < -0.39 is 33.0 Å². The van der Waals surface area contributed by atoms with Gasteiger partial charge in [0.2, 0.25) is 5.52 Å². The molecule has 0 spiro atoms. The molecule has 0 atom stereocenters. The van der Waals surface area contributed by atoms with E-state index in [0.717, 1.165) is 34.7 Å². The fourth-order valence-electron chi connectivity index (χ4n) is 2.97. The molecule has 13 nitrogen and oxygen atoms in total. The molecule has 0 amide bonds. The van der Waals surface area contributed by atoms with Crippen LogP contribution in [0.2, 0.25) is 0 Å². The van der Waals surface area contributed by atoms with E-state index >= 15 is 0 Å². The topological polar surface area (TPSA) is 210 Å². The van der Waals surface area contributed by atoms with Crippen LogP contribution in [0.15, 0.2) is 90.2 Å². The molecule has 1 aromatic heterocycles. The highest BCUT2D eigenvalue weighted by atomic mass is 16.6. The SMILES string of the molecule is O/N=C/c1cc[nH+]c2ccccc12.O=C(O)c1ccccc1[N+](=O)[O-].O=C([O-])c1ccccc1[N+](=O)[O-]. The molecule has 0 fully saturated rings. The lowest BCUT2D eigenvalue weighted by Crippen LogP contribution is -2.23. The van der Waals surface area contributed by atoms with Gasteiger partial charge in [-0.15, -0.1) is 0 Å². The van der Waals surface area contributed by atoms with Gasteiger partial charge in [-0.1, -0.05) is 41.6 Å². The van der Waals surface area contributed by atoms with E-state index in [1.807, 2.05) is 36.5 Å². The normalized spacial score (nSPS) is 9.95. The maximum Gasteiger partial charge on any atom is 0.342 e. The zero-order valence-electron chi connectivity index (χ0n) is 18.8. The van der Waals surface area contributed by atoms with Gasteiger partial charge in [-0.2, -0.15) is 0 Å². The second-order valence-electron chi connectivity index (χ2n) is 6.86. The molecular formula is C24H18N4O9. The molecule has 0 saturated carbocycles. The summed E-state index contributed by atoms with van der Waals surface area (Å²) in [4.78, 5) is 42.9. The molecule has 3 aromatic carbocycles. The Labute approximate surface area is 207 Å². The molecule has 37 heavy (non-hydrogen) atoms. The minimum absolute atomic E-state index is 0.289. The number of carbonyl (C=O) groups is 2. The lowest BCUT2D eigenvalue weighted by atomic mass is 10.1. The first-order valence-corrected chi connectivity index (χ1v) is 10.2. The minimum atomic E-state index is -1.54. The summed E-state index contributed by atoms with van der Waals surface area (Å²) in [5.74, 6) is -2.83. The Kier molecular flexibility index (Phi) is 9.85. The van der Waals surface area contributed by atoms with Gasteiger partial charge < -0.3 is 20.2 Å². The highest BCUT2D eigenvalue weighted by Gasteiger charge is 2.17. The van der Waals surface area contributed by atoms with E-state index in [-0.39, 0.29) is 11.3 Å². The van der Waals surface area contributed by atoms with Crippen molar-refractivity contribution in [2.45, 2.75) is 0 Å². The molecule has 0 aliphatic rings. The number of hydrogen-bond acceptors (Lipinski definition) is 9. The monoisotopic (exact) mass is 506 g/mol. The number of nitro benzene ring substituents is 2. The van der Waals surface area contributed by atoms with Crippen molar-refractivity contribution in [2.75, 3.05) is 0 Å². The van der Waals surface area contributed by atoms with E-state index in [2.05, 4.69) is 10.1 Å². The number of rotatable bonds is 5. The van der Waals surface area contributed by atoms with E-state index in [9.17, 15) is 34.9 Å². The second-order valence-corrected chi connectivity index (χ2v) is 6.86. The second kappa shape index (κ2) is 13.2. The molecular weight excluding hydrogens is 488 g/mol. The average molecular weight is 506 g/mol. The number of aromatic amines is 1. The maximum atomic E-state index is 10.4. The van der Waals surface area contributed by atoms with Gasteiger partial charge >= 0.3 is 5.97 Å². The Bertz CT molecular complexity index is 1330. The molecule has 0 bridgehead atoms. The van der Waals surface area contributed by atoms with Crippen LogP contribution in [0, 0.1) is 20.2 Å². The molecule has 0 aliphatic heterocycles. The highest BCUT2D eigenvalue weighted by molar-refractivity contribution is 5.96. The number of aromatic nitrogens is 1. The highest BCUT2D eigenvalue weighted by Crippen LogP contribution is 2.17. The summed E-state index contributed by atoms with van der Waals surface area (Å²) in [6.07, 6.45) is 3.25. The van der Waals surface area contributed by atoms with Crippen molar-refractivity contribution < 1.29 is 39.8 Å². The molecule has 1 heterocycles. The largest absolute Gasteiger partial charge is 0.545 e. The van der Waals surface area contributed by atoms with Crippen LogP contribution < -0.4 is 10.1 Å². The Balaban J connectivity index is 0.000000195. The van der Waals surface area contributed by atoms with Gasteiger partial charge in [-0.3, -0.25) is 20.2 Å². The van der Waals surface area contributed by atoms with Crippen molar-refractivity contribution in [2.24, 2.45) is 5.16 Å². The quantitative estimate of drug-likeness (QED) is 0.176. The van der Waals surface area contributed by atoms with Crippen LogP contribution >= 0.6 is 0 Å². The van der Waals surface area contributed by atoms with Crippen LogP contribution in [0.3, 0.4) is 0 Å². The lowest BCUT2D eigenvalue weighted by Gasteiger charge is -2.01. The van der Waals surface area contributed by atoms with Gasteiger partial charge in [0.15, 0.2) is 6.20 Å². The van der Waals surface area contributed by atoms with Crippen molar-refractivity contribution in [1.29, 1.82) is 0 Å². The summed E-state index contributed by atoms with van der Waals surface area (Å²) in [5, 5.41) is 51.8. The van der Waals surface area contributed by atoms with Gasteiger partial charge in [0.05, 0.1) is 33.0 Å². The predicted octanol–water partition coefficient (Wildman–Crippen LogP) is 2.71. The first-order valence-electron chi connectivity index (χ1n) is 10.2. The van der Waals surface area contributed by atoms with Crippen LogP contribution in [0.5, 0.6) is 0 Å². The van der Waals surface area contributed by atoms with E-state index in [1.54, 1.807) is 0 Å². The fraction of sp³-hybridized carbons (Fsp3) is 0. The van der Waals surface area contributed by atoms with Gasteiger partial charge in [-0.25, -0.2) is 9.78 Å². The first-order chi connectivity index (χ1) is 17.7. The lowest BCUT2D eigenvalue weighted by molar-refractivity contribution is -0.385. The number of carboxylic acid groups (broad SMARTS) is 2. The zero-order valence-corrected chi connectivity index (χ0v) is 18.8. The third kappa shape index (κ3) is 7.65. The molecule has 0 aliphatic carbocycles. The number of fused-ring (bicyclic) bond motifs is 1. The van der Waals surface area contributed by atoms with Gasteiger partial charge in [0, 0.05) is 29.8 Å². The van der Waals surface area contributed by atoms with Gasteiger partial charge in [0.25, 0.3) is 11.4 Å². The summed E-state index contributed by atoms with van der Waals surface area (Å²) in [5.41, 5.74) is 0.407. The Morgan fingerprint density at radius 2 is 1.32 bits per heavy atom. The predicted molar refractivity (Wildman–Crippen MR) is 127 cm³/mol. The number of para-hydroxylation sites is 3. The van der Waals surface area contributed by atoms with Crippen molar-refractivity contribution in [3.8, 4) is 0 Å². The van der Waals surface area contributed by atoms with Crippen molar-refractivity contribution in [3.63, 3.8) is 0 Å². The van der Waals surface area contributed by atoms with Crippen molar-refractivity contribution in [1.82, 2.24) is 0 Å². The third-order valence-electron chi connectivity index (χ3n) is 4.59. The summed E-state index contributed by atoms with van der Waals surface area (Å²) in [6.45, 7) is 0. The Morgan fingerprint density at radius 3 is 1.81 bits per heavy atom. The molecule has 188 valence electrons. The summed E-state index contributed by atoms with van der Waals surface area (Å²) in [7, 11) is 0. The van der Waals surface area contributed by atoms with Crippen molar-refractivity contribution in [3.05, 3.63) is 122 Å². The number of hydrogen-bond donors (Lipinski definition) is 2. The fourth-order valence-corrected chi connectivity index (χ4v) is 2.97. The molecule has 0 unspecified atom stereocenters. The number of nitrogens with zero attached hydrogens (tertiary/aromatic N) is 3. The Hall–Kier alpha value is -5.72. The number of oxime groups is 1. The molecule has 4 rings (SSSR count). The molecule has 0 radical (unpaired) electrons. The van der Waals surface area contributed by atoms with Crippen LogP contribution in [0.25, 0.3) is 10.9 Å². The van der Waals surface area contributed by atoms with E-state index in [4.69, 9.17) is 10.3 Å². The number of nitrogens with one attached hydrogen (secondary N) is 1. The maximum absolute atomic E-state index is 10.4. The minimum Gasteiger partial charge on any atom is -0.545 e. The summed E-state index contributed by atoms with van der Waals surface area (Å²) < 4.78 is 0. The number of carboxylic acids is 2. The Morgan fingerprint density at radius 1 is 0.811 bits per heavy atom. The summed E-state index contributed by atoms with van der Waals surface area (Å²) in [6, 6.07) is 20.0. The summed E-state index contributed by atoms with van der Waals surface area (Å²) >= 11 is 0. The number of aromatic carboxylic acids is 2. The number of pyridine rings is 1. The molecule has 3 N–H and O–H groups in total. The smallest absolute Gasteiger partial charge is 0.342 e. The third-order valence-corrected chi connectivity index (χ3v) is 4.59. The number of H-pyrrole nitrogens is 1. The molecule has 0 saturated heterocycles. The van der Waals surface area contributed by atoms with Crippen LogP contribution in [-0.4, -0.2) is 38.3 Å². The number of carbonyl (C=O) groups excluding carboxylic acids is 1. The van der Waals surface area contributed by atoms with Gasteiger partial charge in [-0.05, 0) is 18.2 Å². The zero-order chi connectivity index (χ0) is 27.4. The number of nitro groups is 2. The molecule has 4 aromatic rings. The van der Waals surface area contributed by atoms with Gasteiger partial charge in [0.1, 0.15) is 5.56 Å². The standard InChI is InChI=1S/C10H8N2O.2C7H5NO4/c13-12-7-8-5-6-11-10-4-2-1-3-9(8)10;2*9-7(10)5-3-1-2-4-6(5)8(11)12/h1-7,13H;2*1-4H,(H,9,10)/b12-7+;;.